The molecule has 3 unspecified atom stereocenters. The van der Waals surface area contributed by atoms with Crippen LogP contribution in [0.5, 0.6) is 5.75 Å². The number of H-pyrrole nitrogens is 1. The number of nitrogens with one attached hydrogen (secondary N) is 2. The fourth-order valence-corrected chi connectivity index (χ4v) is 7.98. The van der Waals surface area contributed by atoms with Crippen LogP contribution in [-0.2, 0) is 14.4 Å². The number of halogens is 3. The first kappa shape index (κ1) is 27.9. The van der Waals surface area contributed by atoms with Crippen LogP contribution < -0.4 is 19.8 Å². The Morgan fingerprint density at radius 1 is 0.951 bits per heavy atom. The molecule has 208 valence electrons. The second-order valence-corrected chi connectivity index (χ2v) is 12.7. The van der Waals surface area contributed by atoms with Gasteiger partial charge in [0.05, 0.1) is 26.7 Å². The van der Waals surface area contributed by atoms with Gasteiger partial charge in [-0.2, -0.15) is 0 Å². The highest BCUT2D eigenvalue weighted by Gasteiger charge is 2.56. The van der Waals surface area contributed by atoms with Crippen LogP contribution in [0.15, 0.2) is 76.6 Å². The molecule has 41 heavy (non-hydrogen) atoms. The molecule has 1 fully saturated rings. The number of fused-ring (bicyclic) bond motifs is 2. The van der Waals surface area contributed by atoms with Gasteiger partial charge in [0.2, 0.25) is 11.8 Å². The molecule has 6 rings (SSSR count). The Morgan fingerprint density at radius 2 is 1.73 bits per heavy atom. The van der Waals surface area contributed by atoms with E-state index in [0.29, 0.717) is 42.6 Å². The van der Waals surface area contributed by atoms with Gasteiger partial charge < -0.3 is 15.0 Å². The lowest BCUT2D eigenvalue weighted by Crippen LogP contribution is -2.32. The van der Waals surface area contributed by atoms with Gasteiger partial charge in [0.15, 0.2) is 6.61 Å². The van der Waals surface area contributed by atoms with Crippen molar-refractivity contribution >= 4 is 87.0 Å². The number of carbonyl (C=O) groups excluding carboxylic acids is 3. The van der Waals surface area contributed by atoms with Crippen LogP contribution in [-0.4, -0.2) is 34.6 Å². The van der Waals surface area contributed by atoms with Crippen molar-refractivity contribution in [3.8, 4) is 5.75 Å². The molecule has 2 aliphatic heterocycles. The zero-order chi connectivity index (χ0) is 28.8. The number of hydrogen-bond acceptors (Lipinski definition) is 7. The van der Waals surface area contributed by atoms with Crippen molar-refractivity contribution in [2.75, 3.05) is 16.8 Å². The molecule has 2 N–H and O–H groups in total. The summed E-state index contributed by atoms with van der Waals surface area (Å²) >= 11 is 20.5. The van der Waals surface area contributed by atoms with Gasteiger partial charge in [0.25, 0.3) is 5.91 Å². The van der Waals surface area contributed by atoms with Crippen molar-refractivity contribution in [2.45, 2.75) is 16.2 Å². The number of ether oxygens (including phenoxy) is 1. The Morgan fingerprint density at radius 3 is 2.49 bits per heavy atom. The summed E-state index contributed by atoms with van der Waals surface area (Å²) in [6, 6.07) is 18.2. The summed E-state index contributed by atoms with van der Waals surface area (Å²) in [5.74, 6) is -2.49. The first-order chi connectivity index (χ1) is 19.7. The maximum absolute atomic E-state index is 13.9. The third-order valence-corrected chi connectivity index (χ3v) is 10.1. The molecular formula is C28H18Cl3N3O5S2. The van der Waals surface area contributed by atoms with Crippen molar-refractivity contribution < 1.29 is 19.1 Å². The number of rotatable bonds is 6. The number of benzene rings is 3. The number of aromatic nitrogens is 1. The summed E-state index contributed by atoms with van der Waals surface area (Å²) < 4.78 is 5.95. The number of amides is 3. The molecule has 3 heterocycles. The third kappa shape index (κ3) is 5.26. The number of thioether (sulfide) groups is 1. The number of thiazole rings is 1. The van der Waals surface area contributed by atoms with E-state index in [1.807, 2.05) is 0 Å². The number of nitrogens with zero attached hydrogens (tertiary/aromatic N) is 1. The van der Waals surface area contributed by atoms with Crippen molar-refractivity contribution in [1.29, 1.82) is 0 Å². The number of imide groups is 1. The van der Waals surface area contributed by atoms with Crippen LogP contribution in [0.3, 0.4) is 0 Å². The van der Waals surface area contributed by atoms with Crippen molar-refractivity contribution in [3.63, 3.8) is 0 Å². The van der Waals surface area contributed by atoms with Crippen molar-refractivity contribution in [2.24, 2.45) is 5.92 Å². The molecule has 1 saturated heterocycles. The van der Waals surface area contributed by atoms with Crippen LogP contribution in [0.4, 0.5) is 11.4 Å². The Kier molecular flexibility index (Phi) is 7.60. The molecule has 3 aromatic carbocycles. The van der Waals surface area contributed by atoms with E-state index >= 15 is 0 Å². The predicted molar refractivity (Wildman–Crippen MR) is 161 cm³/mol. The third-order valence-electron chi connectivity index (χ3n) is 6.71. The Labute approximate surface area is 256 Å². The molecule has 0 saturated carbocycles. The summed E-state index contributed by atoms with van der Waals surface area (Å²) in [5, 5.41) is 3.44. The minimum Gasteiger partial charge on any atom is -0.483 e. The molecule has 0 spiro atoms. The highest BCUT2D eigenvalue weighted by molar-refractivity contribution is 8.00. The first-order valence-electron chi connectivity index (χ1n) is 12.2. The normalized spacial score (nSPS) is 19.6. The van der Waals surface area contributed by atoms with Gasteiger partial charge in [0.1, 0.15) is 11.0 Å². The minimum absolute atomic E-state index is 0.289. The molecule has 2 aliphatic rings. The predicted octanol–water partition coefficient (Wildman–Crippen LogP) is 6.21. The Hall–Kier alpha value is -3.28. The van der Waals surface area contributed by atoms with E-state index < -0.39 is 28.9 Å². The average molecular weight is 647 g/mol. The smallest absolute Gasteiger partial charge is 0.305 e. The minimum atomic E-state index is -0.836. The highest BCUT2D eigenvalue weighted by Crippen LogP contribution is 2.54. The number of anilines is 2. The zero-order valence-corrected chi connectivity index (χ0v) is 24.6. The van der Waals surface area contributed by atoms with Gasteiger partial charge >= 0.3 is 4.87 Å². The van der Waals surface area contributed by atoms with Crippen LogP contribution in [0.2, 0.25) is 15.1 Å². The SMILES string of the molecule is O=C(COc1ccc(Cl)cc1C1c2sc(=O)[nH]c2SC2C(=O)N(c3ccccc3)C(=O)C21)Nc1ccc(Cl)c(Cl)c1. The Balaban J connectivity index is 1.35. The molecule has 0 aliphatic carbocycles. The largest absolute Gasteiger partial charge is 0.483 e. The molecule has 8 nitrogen and oxygen atoms in total. The molecule has 4 aromatic rings. The second-order valence-electron chi connectivity index (χ2n) is 9.25. The topological polar surface area (TPSA) is 109 Å². The van der Waals surface area contributed by atoms with Crippen LogP contribution in [0, 0.1) is 5.92 Å². The van der Waals surface area contributed by atoms with E-state index in [4.69, 9.17) is 39.5 Å². The van der Waals surface area contributed by atoms with Gasteiger partial charge in [-0.1, -0.05) is 76.1 Å². The van der Waals surface area contributed by atoms with Gasteiger partial charge in [0, 0.05) is 27.1 Å². The van der Waals surface area contributed by atoms with Gasteiger partial charge in [-0.3, -0.25) is 19.2 Å². The molecular weight excluding hydrogens is 629 g/mol. The number of carbonyl (C=O) groups is 3. The molecule has 3 atom stereocenters. The van der Waals surface area contributed by atoms with E-state index in [1.54, 1.807) is 60.7 Å². The fourth-order valence-electron chi connectivity index (χ4n) is 4.99. The summed E-state index contributed by atoms with van der Waals surface area (Å²) in [6.07, 6.45) is 0. The number of hydrogen-bond donors (Lipinski definition) is 2. The van der Waals surface area contributed by atoms with E-state index in [-0.39, 0.29) is 22.4 Å². The average Bonchev–Trinajstić information content (AvgIpc) is 3.44. The summed E-state index contributed by atoms with van der Waals surface area (Å²) in [4.78, 5) is 57.0. The molecule has 0 bridgehead atoms. The van der Waals surface area contributed by atoms with Crippen molar-refractivity contribution in [1.82, 2.24) is 4.98 Å². The molecule has 0 radical (unpaired) electrons. The maximum atomic E-state index is 13.9. The Bertz CT molecular complexity index is 1760. The fraction of sp³-hybridized carbons (Fsp3) is 0.143. The van der Waals surface area contributed by atoms with Crippen LogP contribution in [0.25, 0.3) is 0 Å². The number of aromatic amines is 1. The van der Waals surface area contributed by atoms with Gasteiger partial charge in [-0.25, -0.2) is 4.90 Å². The van der Waals surface area contributed by atoms with E-state index in [1.165, 1.54) is 22.7 Å². The first-order valence-corrected chi connectivity index (χ1v) is 15.0. The standard InChI is InChI=1S/C28H18Cl3N3O5S2/c29-13-6-9-19(39-12-20(35)32-14-7-8-17(30)18(31)11-14)16(10-13)21-22-24(40-25-23(21)41-28(38)33-25)27(37)34(26(22)36)15-4-2-1-3-5-15/h1-11,21-22,24H,12H2,(H,32,35)(H,33,38). The molecule has 1 aromatic heterocycles. The monoisotopic (exact) mass is 645 g/mol. The molecule has 3 amide bonds. The van der Waals surface area contributed by atoms with Crippen LogP contribution >= 0.6 is 57.9 Å². The summed E-state index contributed by atoms with van der Waals surface area (Å²) in [7, 11) is 0. The van der Waals surface area contributed by atoms with E-state index in [2.05, 4.69) is 10.3 Å². The quantitative estimate of drug-likeness (QED) is 0.241. The maximum Gasteiger partial charge on any atom is 0.305 e. The highest BCUT2D eigenvalue weighted by atomic mass is 35.5. The molecule has 13 heteroatoms. The lowest BCUT2D eigenvalue weighted by Gasteiger charge is -2.31. The van der Waals surface area contributed by atoms with Gasteiger partial charge in [-0.15, -0.1) is 0 Å². The zero-order valence-electron chi connectivity index (χ0n) is 20.7. The van der Waals surface area contributed by atoms with Crippen LogP contribution in [0.1, 0.15) is 16.4 Å². The summed E-state index contributed by atoms with van der Waals surface area (Å²) in [6.45, 7) is -0.371. The van der Waals surface area contributed by atoms with Crippen molar-refractivity contribution in [3.05, 3.63) is 102 Å². The lowest BCUT2D eigenvalue weighted by atomic mass is 9.82. The lowest BCUT2D eigenvalue weighted by molar-refractivity contribution is -0.122. The summed E-state index contributed by atoms with van der Waals surface area (Å²) in [5.41, 5.74) is 1.40. The van der Waals surface area contributed by atoms with E-state index in [9.17, 15) is 19.2 Å². The van der Waals surface area contributed by atoms with E-state index in [0.717, 1.165) is 11.3 Å². The number of para-hydroxylation sites is 1. The van der Waals surface area contributed by atoms with Gasteiger partial charge in [-0.05, 0) is 48.5 Å². The second kappa shape index (κ2) is 11.2.